The van der Waals surface area contributed by atoms with Gasteiger partial charge >= 0.3 is 6.03 Å². The summed E-state index contributed by atoms with van der Waals surface area (Å²) in [4.78, 5) is 40.1. The number of ether oxygens (including phenoxy) is 1. The van der Waals surface area contributed by atoms with Crippen molar-refractivity contribution in [1.82, 2.24) is 15.1 Å². The number of urea groups is 1. The van der Waals surface area contributed by atoms with Crippen LogP contribution in [0.5, 0.6) is 5.75 Å². The number of aliphatic hydroxyl groups excluding tert-OH is 1. The number of benzene rings is 3. The number of hydrogen-bond acceptors (Lipinski definition) is 6. The highest BCUT2D eigenvalue weighted by molar-refractivity contribution is 6.36. The molecule has 0 bridgehead atoms. The van der Waals surface area contributed by atoms with Gasteiger partial charge in [0.1, 0.15) is 17.5 Å². The maximum absolute atomic E-state index is 15.4. The summed E-state index contributed by atoms with van der Waals surface area (Å²) in [6.45, 7) is 5.48. The van der Waals surface area contributed by atoms with E-state index in [0.717, 1.165) is 10.5 Å². The van der Waals surface area contributed by atoms with Crippen molar-refractivity contribution < 1.29 is 28.6 Å². The lowest BCUT2D eigenvalue weighted by molar-refractivity contribution is -0.140. The van der Waals surface area contributed by atoms with Crippen molar-refractivity contribution in [2.45, 2.75) is 32.9 Å². The summed E-state index contributed by atoms with van der Waals surface area (Å²) in [5.74, 6) is -2.26. The number of methoxy groups -OCH3 is 1. The van der Waals surface area contributed by atoms with Gasteiger partial charge in [0.15, 0.2) is 0 Å². The Morgan fingerprint density at radius 1 is 1.12 bits per heavy atom. The van der Waals surface area contributed by atoms with Crippen LogP contribution in [0.4, 0.5) is 14.9 Å². The van der Waals surface area contributed by atoms with E-state index in [1.165, 1.54) is 32.2 Å². The molecule has 3 aromatic rings. The fourth-order valence-electron chi connectivity index (χ4n) is 4.96. The summed E-state index contributed by atoms with van der Waals surface area (Å²) >= 11 is 6.94. The van der Waals surface area contributed by atoms with Crippen molar-refractivity contribution in [2.75, 3.05) is 39.7 Å². The molecule has 9 nitrogen and oxygen atoms in total. The normalized spacial score (nSPS) is 15.6. The van der Waals surface area contributed by atoms with Gasteiger partial charge in [-0.2, -0.15) is 0 Å². The SMILES string of the molecule is COc1cc(-c2cccc(-c3cccc(NC(=O)C4CN(C)C(=O)N(C)C4=O)c3C)c2Cl)cc(F)c1CNC(C)(C)CO. The molecular weight excluding hydrogens is 575 g/mol. The van der Waals surface area contributed by atoms with E-state index >= 15 is 4.39 Å². The van der Waals surface area contributed by atoms with Crippen molar-refractivity contribution >= 4 is 35.1 Å². The predicted octanol–water partition coefficient (Wildman–Crippen LogP) is 5.07. The number of nitrogens with one attached hydrogen (secondary N) is 2. The Morgan fingerprint density at radius 2 is 1.77 bits per heavy atom. The molecule has 4 rings (SSSR count). The van der Waals surface area contributed by atoms with Gasteiger partial charge in [0.2, 0.25) is 11.8 Å². The van der Waals surface area contributed by atoms with Crippen molar-refractivity contribution in [3.8, 4) is 28.0 Å². The number of carbonyl (C=O) groups excluding carboxylic acids is 3. The first-order valence-electron chi connectivity index (χ1n) is 13.7. The molecule has 1 unspecified atom stereocenters. The molecule has 4 amide bonds. The zero-order valence-electron chi connectivity index (χ0n) is 25.0. The second-order valence-corrected chi connectivity index (χ2v) is 11.7. The number of imide groups is 1. The van der Waals surface area contributed by atoms with Crippen molar-refractivity contribution in [2.24, 2.45) is 5.92 Å². The zero-order valence-corrected chi connectivity index (χ0v) is 25.8. The molecular formula is C32H36ClFN4O5. The second-order valence-electron chi connectivity index (χ2n) is 11.3. The number of rotatable bonds is 9. The molecule has 0 aromatic heterocycles. The molecule has 0 radical (unpaired) electrons. The molecule has 3 N–H and O–H groups in total. The number of anilines is 1. The third kappa shape index (κ3) is 6.51. The standard InChI is InChI=1S/C32H36ClFN4O5/c1-18-20(9-8-12-26(18)36-29(40)24-16-37(4)31(42)38(5)30(24)41)22-11-7-10-21(28(22)33)19-13-25(34)23(27(14-19)43-6)15-35-32(2,3)17-39/h7-14,24,35,39H,15-17H2,1-6H3,(H,36,40). The first-order chi connectivity index (χ1) is 20.3. The average molecular weight is 611 g/mol. The van der Waals surface area contributed by atoms with Crippen LogP contribution in [0.3, 0.4) is 0 Å². The van der Waals surface area contributed by atoms with Gasteiger partial charge in [0.05, 0.1) is 18.7 Å². The molecule has 1 saturated heterocycles. The van der Waals surface area contributed by atoms with Gasteiger partial charge in [-0.1, -0.05) is 41.9 Å². The Bertz CT molecular complexity index is 1580. The van der Waals surface area contributed by atoms with E-state index in [2.05, 4.69) is 10.6 Å². The summed E-state index contributed by atoms with van der Waals surface area (Å²) in [7, 11) is 4.36. The number of halogens is 2. The van der Waals surface area contributed by atoms with Gasteiger partial charge < -0.3 is 25.4 Å². The third-order valence-corrected chi connectivity index (χ3v) is 8.13. The fraction of sp³-hybridized carbons (Fsp3) is 0.344. The smallest absolute Gasteiger partial charge is 0.326 e. The van der Waals surface area contributed by atoms with Crippen LogP contribution in [0, 0.1) is 18.7 Å². The molecule has 1 aliphatic rings. The monoisotopic (exact) mass is 610 g/mol. The van der Waals surface area contributed by atoms with Crippen LogP contribution in [0.2, 0.25) is 5.02 Å². The lowest BCUT2D eigenvalue weighted by Gasteiger charge is -2.33. The quantitative estimate of drug-likeness (QED) is 0.292. The molecule has 1 fully saturated rings. The summed E-state index contributed by atoms with van der Waals surface area (Å²) in [6.07, 6.45) is 0. The molecule has 1 aliphatic heterocycles. The van der Waals surface area contributed by atoms with Crippen molar-refractivity contribution in [1.29, 1.82) is 0 Å². The number of nitrogens with zero attached hydrogens (tertiary/aromatic N) is 2. The second kappa shape index (κ2) is 12.7. The van der Waals surface area contributed by atoms with E-state index in [1.54, 1.807) is 24.3 Å². The van der Waals surface area contributed by atoms with Crippen LogP contribution < -0.4 is 15.4 Å². The van der Waals surface area contributed by atoms with Crippen LogP contribution in [0.15, 0.2) is 48.5 Å². The highest BCUT2D eigenvalue weighted by Gasteiger charge is 2.39. The third-order valence-electron chi connectivity index (χ3n) is 7.72. The van der Waals surface area contributed by atoms with Gasteiger partial charge in [0, 0.05) is 55.1 Å². The lowest BCUT2D eigenvalue weighted by atomic mass is 9.94. The summed E-state index contributed by atoms with van der Waals surface area (Å²) in [5, 5.41) is 15.9. The van der Waals surface area contributed by atoms with E-state index in [0.29, 0.717) is 44.3 Å². The van der Waals surface area contributed by atoms with Crippen LogP contribution in [0.1, 0.15) is 25.0 Å². The first-order valence-corrected chi connectivity index (χ1v) is 14.1. The maximum atomic E-state index is 15.4. The molecule has 43 heavy (non-hydrogen) atoms. The molecule has 11 heteroatoms. The highest BCUT2D eigenvalue weighted by atomic mass is 35.5. The Morgan fingerprint density at radius 3 is 2.44 bits per heavy atom. The van der Waals surface area contributed by atoms with E-state index in [-0.39, 0.29) is 19.7 Å². The van der Waals surface area contributed by atoms with Crippen molar-refractivity contribution in [3.05, 3.63) is 70.5 Å². The number of carbonyl (C=O) groups is 3. The average Bonchev–Trinajstić information content (AvgIpc) is 2.98. The first kappa shape index (κ1) is 31.9. The van der Waals surface area contributed by atoms with Gasteiger partial charge in [-0.05, 0) is 55.7 Å². The molecule has 0 saturated carbocycles. The Labute approximate surface area is 255 Å². The van der Waals surface area contributed by atoms with Crippen LogP contribution >= 0.6 is 11.6 Å². The van der Waals surface area contributed by atoms with Crippen molar-refractivity contribution in [3.63, 3.8) is 0 Å². The Kier molecular flexibility index (Phi) is 9.44. The zero-order chi connectivity index (χ0) is 31.6. The van der Waals surface area contributed by atoms with E-state index in [4.69, 9.17) is 16.3 Å². The minimum absolute atomic E-state index is 0.0193. The lowest BCUT2D eigenvalue weighted by Crippen LogP contribution is -2.56. The van der Waals surface area contributed by atoms with E-state index < -0.39 is 35.1 Å². The number of aliphatic hydroxyl groups is 1. The number of amides is 4. The largest absolute Gasteiger partial charge is 0.496 e. The topological polar surface area (TPSA) is 111 Å². The van der Waals surface area contributed by atoms with Gasteiger partial charge in [0.25, 0.3) is 0 Å². The summed E-state index contributed by atoms with van der Waals surface area (Å²) < 4.78 is 20.9. The molecule has 1 heterocycles. The van der Waals surface area contributed by atoms with Gasteiger partial charge in [-0.3, -0.25) is 14.5 Å². The van der Waals surface area contributed by atoms with Crippen LogP contribution in [0.25, 0.3) is 22.3 Å². The highest BCUT2D eigenvalue weighted by Crippen LogP contribution is 2.41. The predicted molar refractivity (Wildman–Crippen MR) is 164 cm³/mol. The van der Waals surface area contributed by atoms with E-state index in [9.17, 15) is 19.5 Å². The minimum Gasteiger partial charge on any atom is -0.496 e. The fourth-order valence-corrected chi connectivity index (χ4v) is 5.30. The van der Waals surface area contributed by atoms with Gasteiger partial charge in [-0.25, -0.2) is 9.18 Å². The van der Waals surface area contributed by atoms with E-state index in [1.807, 2.05) is 39.0 Å². The molecule has 3 aromatic carbocycles. The Balaban J connectivity index is 1.65. The minimum atomic E-state index is -1.04. The van der Waals surface area contributed by atoms with Gasteiger partial charge in [-0.15, -0.1) is 0 Å². The molecule has 1 atom stereocenters. The van der Waals surface area contributed by atoms with Crippen LogP contribution in [-0.2, 0) is 16.1 Å². The molecule has 0 aliphatic carbocycles. The maximum Gasteiger partial charge on any atom is 0.326 e. The summed E-state index contributed by atoms with van der Waals surface area (Å²) in [6, 6.07) is 13.5. The molecule has 228 valence electrons. The molecule has 0 spiro atoms. The number of hydrogen-bond donors (Lipinski definition) is 3. The van der Waals surface area contributed by atoms with Crippen LogP contribution in [-0.4, -0.2) is 72.6 Å². The Hall–Kier alpha value is -3.99. The summed E-state index contributed by atoms with van der Waals surface area (Å²) in [5.41, 5.74) is 3.46.